The van der Waals surface area contributed by atoms with Crippen molar-refractivity contribution in [3.8, 4) is 0 Å². The molecule has 0 unspecified atom stereocenters. The lowest BCUT2D eigenvalue weighted by molar-refractivity contribution is 0.598. The Hall–Kier alpha value is 0.567. The second-order valence-electron chi connectivity index (χ2n) is 4.28. The number of halogens is 3. The molecule has 0 atom stereocenters. The molecule has 0 aromatic heterocycles. The van der Waals surface area contributed by atoms with Gasteiger partial charge < -0.3 is 0 Å². The Morgan fingerprint density at radius 1 is 0.875 bits per heavy atom. The Morgan fingerprint density at radius 2 is 1.50 bits per heavy atom. The van der Waals surface area contributed by atoms with Crippen LogP contribution in [0.4, 0.5) is 0 Å². The first-order valence-corrected chi connectivity index (χ1v) is 11.1. The van der Waals surface area contributed by atoms with Gasteiger partial charge in [0.25, 0.3) is 0 Å². The molecule has 0 aromatic rings. The van der Waals surface area contributed by atoms with Crippen LogP contribution in [-0.2, 0) is 0 Å². The Kier molecular flexibility index (Phi) is 7.14. The van der Waals surface area contributed by atoms with Crippen molar-refractivity contribution in [2.45, 2.75) is 51.4 Å². The summed E-state index contributed by atoms with van der Waals surface area (Å²) in [7, 11) is 0. The summed E-state index contributed by atoms with van der Waals surface area (Å²) < 4.78 is 0. The van der Waals surface area contributed by atoms with Gasteiger partial charge in [-0.25, -0.2) is 0 Å². The van der Waals surface area contributed by atoms with E-state index in [2.05, 4.69) is 12.2 Å². The second-order valence-corrected chi connectivity index (χ2v) is 12.8. The van der Waals surface area contributed by atoms with Gasteiger partial charge in [0.1, 0.15) is 0 Å². The summed E-state index contributed by atoms with van der Waals surface area (Å²) in [6.45, 7) is 0. The maximum atomic E-state index is 6.07. The van der Waals surface area contributed by atoms with Gasteiger partial charge in [0.05, 0.1) is 0 Å². The highest BCUT2D eigenvalue weighted by Crippen LogP contribution is 2.32. The van der Waals surface area contributed by atoms with Crippen LogP contribution in [-0.4, -0.2) is 6.00 Å². The number of allylic oxidation sites excluding steroid dienone is 4. The number of hydrogen-bond donors (Lipinski definition) is 0. The van der Waals surface area contributed by atoms with Crippen LogP contribution in [0.1, 0.15) is 51.4 Å². The average molecular weight is 298 g/mol. The molecule has 4 heteroatoms. The van der Waals surface area contributed by atoms with E-state index in [1.165, 1.54) is 32.1 Å². The molecule has 0 heterocycles. The molecule has 1 rings (SSSR count). The van der Waals surface area contributed by atoms with Crippen LogP contribution in [0, 0.1) is 0 Å². The highest BCUT2D eigenvalue weighted by atomic mass is 35.8. The molecule has 1 aliphatic rings. The second kappa shape index (κ2) is 7.81. The van der Waals surface area contributed by atoms with Crippen LogP contribution in [0.25, 0.3) is 0 Å². The van der Waals surface area contributed by atoms with Gasteiger partial charge in [-0.15, -0.1) is 33.2 Å². The molecule has 0 saturated carbocycles. The molecule has 0 saturated heterocycles. The third kappa shape index (κ3) is 6.34. The number of hydrogen-bond acceptors (Lipinski definition) is 0. The normalized spacial score (nSPS) is 20.8. The monoisotopic (exact) mass is 296 g/mol. The van der Waals surface area contributed by atoms with E-state index >= 15 is 0 Å². The number of rotatable bonds is 1. The van der Waals surface area contributed by atoms with E-state index in [-0.39, 0.29) is 0 Å². The van der Waals surface area contributed by atoms with Crippen molar-refractivity contribution in [1.82, 2.24) is 0 Å². The SMILES string of the molecule is Cl[Si](Cl)(Cl)C1=CC=CCCCCCCCC1. The first-order chi connectivity index (χ1) is 7.61. The van der Waals surface area contributed by atoms with Crippen LogP contribution < -0.4 is 0 Å². The predicted molar refractivity (Wildman–Crippen MR) is 77.5 cm³/mol. The van der Waals surface area contributed by atoms with E-state index in [4.69, 9.17) is 33.2 Å². The van der Waals surface area contributed by atoms with E-state index in [1.54, 1.807) is 0 Å². The first-order valence-electron chi connectivity index (χ1n) is 6.03. The van der Waals surface area contributed by atoms with Gasteiger partial charge in [0.2, 0.25) is 0 Å². The van der Waals surface area contributed by atoms with Gasteiger partial charge in [-0.3, -0.25) is 0 Å². The molecule has 0 radical (unpaired) electrons. The lowest BCUT2D eigenvalue weighted by Crippen LogP contribution is -2.14. The summed E-state index contributed by atoms with van der Waals surface area (Å²) in [4.78, 5) is 0. The van der Waals surface area contributed by atoms with Gasteiger partial charge in [-0.1, -0.05) is 43.9 Å². The van der Waals surface area contributed by atoms with Crippen LogP contribution >= 0.6 is 33.2 Å². The quantitative estimate of drug-likeness (QED) is 0.424. The van der Waals surface area contributed by atoms with Gasteiger partial charge in [0.15, 0.2) is 0 Å². The Balaban J connectivity index is 2.61. The van der Waals surface area contributed by atoms with Gasteiger partial charge in [0, 0.05) is 0 Å². The van der Waals surface area contributed by atoms with Crippen LogP contribution in [0.3, 0.4) is 0 Å². The summed E-state index contributed by atoms with van der Waals surface area (Å²) in [5, 5.41) is 1.05. The van der Waals surface area contributed by atoms with Crippen molar-refractivity contribution in [2.75, 3.05) is 0 Å². The third-order valence-corrected chi connectivity index (χ3v) is 6.19. The topological polar surface area (TPSA) is 0 Å². The highest BCUT2D eigenvalue weighted by Gasteiger charge is 2.29. The van der Waals surface area contributed by atoms with E-state index in [0.29, 0.717) is 0 Å². The molecule has 0 amide bonds. The Bertz CT molecular complexity index is 253. The first kappa shape index (κ1) is 14.6. The van der Waals surface area contributed by atoms with Crippen molar-refractivity contribution in [3.63, 3.8) is 0 Å². The van der Waals surface area contributed by atoms with E-state index in [0.717, 1.165) is 24.5 Å². The van der Waals surface area contributed by atoms with E-state index in [1.807, 2.05) is 6.08 Å². The zero-order chi connectivity index (χ0) is 11.9. The molecule has 0 bridgehead atoms. The standard InChI is InChI=1S/C12H19Cl3Si/c13-16(14,15)12-10-8-6-4-2-1-3-5-7-9-11-12/h6,8,10H,1-5,7,9,11H2. The molecular weight excluding hydrogens is 279 g/mol. The lowest BCUT2D eigenvalue weighted by atomic mass is 10.1. The zero-order valence-electron chi connectivity index (χ0n) is 9.52. The molecule has 1 aliphatic carbocycles. The summed E-state index contributed by atoms with van der Waals surface area (Å²) in [6, 6.07) is -2.65. The van der Waals surface area contributed by atoms with Crippen molar-refractivity contribution in [3.05, 3.63) is 23.4 Å². The summed E-state index contributed by atoms with van der Waals surface area (Å²) in [5.74, 6) is 0. The summed E-state index contributed by atoms with van der Waals surface area (Å²) >= 11 is 18.2. The predicted octanol–water partition coefficient (Wildman–Crippen LogP) is 5.80. The molecule has 92 valence electrons. The van der Waals surface area contributed by atoms with Crippen LogP contribution in [0.5, 0.6) is 0 Å². The van der Waals surface area contributed by atoms with Gasteiger partial charge >= 0.3 is 6.00 Å². The fraction of sp³-hybridized carbons (Fsp3) is 0.667. The lowest BCUT2D eigenvalue weighted by Gasteiger charge is -2.13. The largest absolute Gasteiger partial charge is 0.368 e. The third-order valence-electron chi connectivity index (χ3n) is 2.86. The molecular formula is C12H19Cl3Si. The smallest absolute Gasteiger partial charge is 0.121 e. The van der Waals surface area contributed by atoms with E-state index in [9.17, 15) is 0 Å². The molecule has 0 nitrogen and oxygen atoms in total. The molecule has 0 aromatic carbocycles. The minimum atomic E-state index is -2.65. The summed E-state index contributed by atoms with van der Waals surface area (Å²) in [6.07, 6.45) is 16.1. The maximum Gasteiger partial charge on any atom is 0.368 e. The van der Waals surface area contributed by atoms with Crippen LogP contribution in [0.2, 0.25) is 0 Å². The minimum absolute atomic E-state index is 0.951. The maximum absolute atomic E-state index is 6.07. The van der Waals surface area contributed by atoms with Crippen molar-refractivity contribution in [1.29, 1.82) is 0 Å². The molecule has 0 aliphatic heterocycles. The van der Waals surface area contributed by atoms with Crippen molar-refractivity contribution < 1.29 is 0 Å². The minimum Gasteiger partial charge on any atom is -0.121 e. The van der Waals surface area contributed by atoms with Crippen molar-refractivity contribution >= 4 is 39.2 Å². The van der Waals surface area contributed by atoms with Gasteiger partial charge in [-0.05, 0) is 30.9 Å². The fourth-order valence-corrected chi connectivity index (χ4v) is 4.05. The van der Waals surface area contributed by atoms with Gasteiger partial charge in [-0.2, -0.15) is 0 Å². The molecule has 0 spiro atoms. The Labute approximate surface area is 114 Å². The molecule has 16 heavy (non-hydrogen) atoms. The van der Waals surface area contributed by atoms with E-state index < -0.39 is 6.00 Å². The average Bonchev–Trinajstić information content (AvgIpc) is 2.16. The Morgan fingerprint density at radius 3 is 2.19 bits per heavy atom. The zero-order valence-corrected chi connectivity index (χ0v) is 12.8. The molecule has 0 N–H and O–H groups in total. The highest BCUT2D eigenvalue weighted by molar-refractivity contribution is 7.67. The fourth-order valence-electron chi connectivity index (χ4n) is 1.88. The van der Waals surface area contributed by atoms with Crippen molar-refractivity contribution in [2.24, 2.45) is 0 Å². The molecule has 0 fully saturated rings. The summed E-state index contributed by atoms with van der Waals surface area (Å²) in [5.41, 5.74) is 0. The van der Waals surface area contributed by atoms with Crippen LogP contribution in [0.15, 0.2) is 23.4 Å².